The molecule has 1 heterocycles. The van der Waals surface area contributed by atoms with Gasteiger partial charge in [-0.1, -0.05) is 6.08 Å². The second-order valence-corrected chi connectivity index (χ2v) is 5.44. The number of nitrogens with two attached hydrogens (primary N) is 1. The molecule has 3 heteroatoms. The zero-order valence-electron chi connectivity index (χ0n) is 11.0. The van der Waals surface area contributed by atoms with Crippen molar-refractivity contribution in [3.05, 3.63) is 11.6 Å². The molecule has 1 aliphatic rings. The lowest BCUT2D eigenvalue weighted by Gasteiger charge is -2.27. The summed E-state index contributed by atoms with van der Waals surface area (Å²) in [7, 11) is 1.76. The molecule has 0 bridgehead atoms. The lowest BCUT2D eigenvalue weighted by atomic mass is 9.99. The van der Waals surface area contributed by atoms with Gasteiger partial charge in [-0.25, -0.2) is 0 Å². The van der Waals surface area contributed by atoms with E-state index in [-0.39, 0.29) is 5.54 Å². The quantitative estimate of drug-likeness (QED) is 0.702. The van der Waals surface area contributed by atoms with Crippen molar-refractivity contribution in [2.24, 2.45) is 5.73 Å². The first-order chi connectivity index (χ1) is 7.51. The van der Waals surface area contributed by atoms with Crippen molar-refractivity contribution in [3.8, 4) is 0 Å². The van der Waals surface area contributed by atoms with Crippen molar-refractivity contribution in [3.63, 3.8) is 0 Å². The van der Waals surface area contributed by atoms with E-state index in [2.05, 4.69) is 24.8 Å². The Bertz CT molecular complexity index is 231. The number of ether oxygens (including phenoxy) is 1. The van der Waals surface area contributed by atoms with Gasteiger partial charge in [-0.15, -0.1) is 0 Å². The summed E-state index contributed by atoms with van der Waals surface area (Å²) in [6.45, 7) is 8.39. The lowest BCUT2D eigenvalue weighted by molar-refractivity contribution is 0.210. The molecule has 16 heavy (non-hydrogen) atoms. The number of hydrogen-bond acceptors (Lipinski definition) is 3. The molecule has 0 saturated heterocycles. The van der Waals surface area contributed by atoms with Crippen LogP contribution in [-0.4, -0.2) is 43.8 Å². The van der Waals surface area contributed by atoms with Crippen LogP contribution >= 0.6 is 0 Å². The fraction of sp³-hybridized carbons (Fsp3) is 0.846. The molecular weight excluding hydrogens is 200 g/mol. The van der Waals surface area contributed by atoms with Crippen molar-refractivity contribution in [2.75, 3.05) is 33.4 Å². The van der Waals surface area contributed by atoms with Gasteiger partial charge in [0.1, 0.15) is 0 Å². The van der Waals surface area contributed by atoms with Crippen LogP contribution in [0.2, 0.25) is 0 Å². The van der Waals surface area contributed by atoms with Crippen LogP contribution in [0.3, 0.4) is 0 Å². The van der Waals surface area contributed by atoms with Gasteiger partial charge in [-0.3, -0.25) is 4.90 Å². The SMILES string of the molecule is COCC1=CCN(CCCC(C)(C)N)CC1. The number of methoxy groups -OCH3 is 1. The van der Waals surface area contributed by atoms with Crippen LogP contribution < -0.4 is 5.73 Å². The second-order valence-electron chi connectivity index (χ2n) is 5.44. The van der Waals surface area contributed by atoms with E-state index >= 15 is 0 Å². The van der Waals surface area contributed by atoms with E-state index in [9.17, 15) is 0 Å². The van der Waals surface area contributed by atoms with E-state index in [1.165, 1.54) is 18.5 Å². The van der Waals surface area contributed by atoms with Crippen molar-refractivity contribution < 1.29 is 4.74 Å². The van der Waals surface area contributed by atoms with E-state index in [1.807, 2.05) is 0 Å². The summed E-state index contributed by atoms with van der Waals surface area (Å²) < 4.78 is 5.14. The molecule has 0 saturated carbocycles. The Labute approximate surface area is 99.6 Å². The third-order valence-corrected chi connectivity index (χ3v) is 3.01. The van der Waals surface area contributed by atoms with Crippen molar-refractivity contribution in [2.45, 2.75) is 38.6 Å². The Morgan fingerprint density at radius 1 is 1.50 bits per heavy atom. The molecule has 3 nitrogen and oxygen atoms in total. The molecule has 1 aliphatic heterocycles. The smallest absolute Gasteiger partial charge is 0.0673 e. The predicted octanol–water partition coefficient (Wildman–Crippen LogP) is 1.78. The monoisotopic (exact) mass is 226 g/mol. The van der Waals surface area contributed by atoms with Gasteiger partial charge in [0, 0.05) is 25.7 Å². The predicted molar refractivity (Wildman–Crippen MR) is 68.5 cm³/mol. The molecule has 0 atom stereocenters. The van der Waals surface area contributed by atoms with Crippen LogP contribution in [0.5, 0.6) is 0 Å². The molecule has 2 N–H and O–H groups in total. The molecule has 0 aromatic heterocycles. The van der Waals surface area contributed by atoms with E-state index < -0.39 is 0 Å². The zero-order valence-corrected chi connectivity index (χ0v) is 11.0. The largest absolute Gasteiger partial charge is 0.380 e. The second kappa shape index (κ2) is 6.38. The third-order valence-electron chi connectivity index (χ3n) is 3.01. The highest BCUT2D eigenvalue weighted by molar-refractivity contribution is 5.07. The van der Waals surface area contributed by atoms with Gasteiger partial charge in [0.2, 0.25) is 0 Å². The highest BCUT2D eigenvalue weighted by atomic mass is 16.5. The zero-order chi connectivity index (χ0) is 12.0. The average Bonchev–Trinajstić information content (AvgIpc) is 2.19. The Kier molecular flexibility index (Phi) is 5.46. The standard InChI is InChI=1S/C13H26N2O/c1-13(2,14)7-4-8-15-9-5-12(6-10-15)11-16-3/h5H,4,6-11,14H2,1-3H3. The maximum atomic E-state index is 5.97. The summed E-state index contributed by atoms with van der Waals surface area (Å²) in [6.07, 6.45) is 5.75. The van der Waals surface area contributed by atoms with Gasteiger partial charge >= 0.3 is 0 Å². The number of rotatable bonds is 6. The molecule has 0 aliphatic carbocycles. The van der Waals surface area contributed by atoms with Crippen LogP contribution in [0.25, 0.3) is 0 Å². The van der Waals surface area contributed by atoms with Gasteiger partial charge in [0.15, 0.2) is 0 Å². The van der Waals surface area contributed by atoms with Gasteiger partial charge < -0.3 is 10.5 Å². The van der Waals surface area contributed by atoms with Gasteiger partial charge in [-0.05, 0) is 45.2 Å². The van der Waals surface area contributed by atoms with Crippen molar-refractivity contribution in [1.82, 2.24) is 4.90 Å². The summed E-state index contributed by atoms with van der Waals surface area (Å²) >= 11 is 0. The van der Waals surface area contributed by atoms with Crippen LogP contribution in [0.4, 0.5) is 0 Å². The Morgan fingerprint density at radius 2 is 2.25 bits per heavy atom. The van der Waals surface area contributed by atoms with Gasteiger partial charge in [0.05, 0.1) is 6.61 Å². The molecule has 0 unspecified atom stereocenters. The molecular formula is C13H26N2O. The maximum absolute atomic E-state index is 5.97. The summed E-state index contributed by atoms with van der Waals surface area (Å²) in [4.78, 5) is 2.49. The minimum Gasteiger partial charge on any atom is -0.380 e. The van der Waals surface area contributed by atoms with Crippen LogP contribution in [0, 0.1) is 0 Å². The minimum atomic E-state index is -0.0210. The van der Waals surface area contributed by atoms with E-state index in [0.29, 0.717) is 0 Å². The summed E-state index contributed by atoms with van der Waals surface area (Å²) in [5.74, 6) is 0. The van der Waals surface area contributed by atoms with Crippen LogP contribution in [0.1, 0.15) is 33.1 Å². The maximum Gasteiger partial charge on any atom is 0.0673 e. The molecule has 1 rings (SSSR count). The molecule has 0 aromatic carbocycles. The normalized spacial score (nSPS) is 18.6. The number of nitrogens with zero attached hydrogens (tertiary/aromatic N) is 1. The van der Waals surface area contributed by atoms with E-state index in [0.717, 1.165) is 32.5 Å². The Balaban J connectivity index is 2.17. The highest BCUT2D eigenvalue weighted by Gasteiger charge is 2.14. The third kappa shape index (κ3) is 5.64. The first kappa shape index (κ1) is 13.7. The summed E-state index contributed by atoms with van der Waals surface area (Å²) in [5.41, 5.74) is 7.39. The van der Waals surface area contributed by atoms with Gasteiger partial charge in [-0.2, -0.15) is 0 Å². The van der Waals surface area contributed by atoms with Crippen molar-refractivity contribution >= 4 is 0 Å². The molecule has 94 valence electrons. The summed E-state index contributed by atoms with van der Waals surface area (Å²) in [6, 6.07) is 0. The first-order valence-corrected chi connectivity index (χ1v) is 6.19. The molecule has 0 amide bonds. The molecule has 0 fully saturated rings. The topological polar surface area (TPSA) is 38.5 Å². The fourth-order valence-corrected chi connectivity index (χ4v) is 2.03. The summed E-state index contributed by atoms with van der Waals surface area (Å²) in [5, 5.41) is 0. The average molecular weight is 226 g/mol. The molecule has 0 radical (unpaired) electrons. The fourth-order valence-electron chi connectivity index (χ4n) is 2.03. The molecule has 0 spiro atoms. The van der Waals surface area contributed by atoms with Gasteiger partial charge in [0.25, 0.3) is 0 Å². The molecule has 0 aromatic rings. The minimum absolute atomic E-state index is 0.0210. The Hall–Kier alpha value is -0.380. The van der Waals surface area contributed by atoms with Crippen molar-refractivity contribution in [1.29, 1.82) is 0 Å². The lowest BCUT2D eigenvalue weighted by Crippen LogP contribution is -2.35. The van der Waals surface area contributed by atoms with Crippen LogP contribution in [0.15, 0.2) is 11.6 Å². The van der Waals surface area contributed by atoms with Crippen LogP contribution in [-0.2, 0) is 4.74 Å². The van der Waals surface area contributed by atoms with E-state index in [1.54, 1.807) is 7.11 Å². The number of hydrogen-bond donors (Lipinski definition) is 1. The Morgan fingerprint density at radius 3 is 2.75 bits per heavy atom. The van der Waals surface area contributed by atoms with E-state index in [4.69, 9.17) is 10.5 Å². The highest BCUT2D eigenvalue weighted by Crippen LogP contribution is 2.13. The first-order valence-electron chi connectivity index (χ1n) is 6.19.